The average Bonchev–Trinajstić information content (AvgIpc) is 2.75. The van der Waals surface area contributed by atoms with Crippen LogP contribution in [0.25, 0.3) is 0 Å². The van der Waals surface area contributed by atoms with Gasteiger partial charge in [-0.3, -0.25) is 4.68 Å². The minimum absolute atomic E-state index is 0.281. The van der Waals surface area contributed by atoms with Gasteiger partial charge in [0.05, 0.1) is 5.69 Å². The van der Waals surface area contributed by atoms with Crippen LogP contribution in [0, 0.1) is 0 Å². The number of hydrogen-bond donors (Lipinski definition) is 1. The van der Waals surface area contributed by atoms with Gasteiger partial charge in [-0.2, -0.15) is 5.10 Å². The Morgan fingerprint density at radius 1 is 1.44 bits per heavy atom. The molecule has 0 aliphatic heterocycles. The van der Waals surface area contributed by atoms with Crippen LogP contribution >= 0.6 is 0 Å². The van der Waals surface area contributed by atoms with Crippen molar-refractivity contribution in [2.75, 3.05) is 5.73 Å². The van der Waals surface area contributed by atoms with Crippen molar-refractivity contribution in [2.24, 2.45) is 7.05 Å². The minimum Gasteiger partial charge on any atom is -0.381 e. The molecule has 2 N–H and O–H groups in total. The summed E-state index contributed by atoms with van der Waals surface area (Å²) in [7, 11) is 1.84. The highest BCUT2D eigenvalue weighted by Crippen LogP contribution is 2.19. The first kappa shape index (κ1) is 10.6. The Morgan fingerprint density at radius 2 is 2.19 bits per heavy atom. The molecule has 0 aliphatic rings. The van der Waals surface area contributed by atoms with E-state index in [9.17, 15) is 0 Å². The van der Waals surface area contributed by atoms with Gasteiger partial charge in [-0.25, -0.2) is 9.67 Å². The van der Waals surface area contributed by atoms with E-state index in [4.69, 9.17) is 5.73 Å². The molecule has 0 saturated heterocycles. The molecule has 0 radical (unpaired) electrons. The third kappa shape index (κ3) is 1.75. The topological polar surface area (TPSA) is 87.4 Å². The zero-order valence-corrected chi connectivity index (χ0v) is 9.62. The van der Waals surface area contributed by atoms with E-state index in [0.717, 1.165) is 11.5 Å². The number of nitrogen functional groups attached to an aromatic ring is 1. The van der Waals surface area contributed by atoms with Crippen molar-refractivity contribution in [3.63, 3.8) is 0 Å². The van der Waals surface area contributed by atoms with E-state index in [1.54, 1.807) is 9.36 Å². The fourth-order valence-corrected chi connectivity index (χ4v) is 1.64. The van der Waals surface area contributed by atoms with Crippen molar-refractivity contribution < 1.29 is 0 Å². The molecule has 0 aromatic carbocycles. The second kappa shape index (κ2) is 3.92. The highest BCUT2D eigenvalue weighted by molar-refractivity contribution is 5.35. The van der Waals surface area contributed by atoms with E-state index in [0.29, 0.717) is 12.4 Å². The fraction of sp³-hybridized carbons (Fsp3) is 0.556. The van der Waals surface area contributed by atoms with Gasteiger partial charge in [0, 0.05) is 7.05 Å². The Balaban J connectivity index is 2.32. The molecular weight excluding hydrogens is 206 g/mol. The lowest BCUT2D eigenvalue weighted by molar-refractivity contribution is 0.557. The highest BCUT2D eigenvalue weighted by atomic mass is 15.5. The third-order valence-electron chi connectivity index (χ3n) is 2.44. The van der Waals surface area contributed by atoms with Gasteiger partial charge < -0.3 is 5.73 Å². The molecule has 0 spiro atoms. The lowest BCUT2D eigenvalue weighted by Crippen LogP contribution is -2.12. The molecule has 2 aromatic heterocycles. The molecule has 2 aromatic rings. The van der Waals surface area contributed by atoms with Gasteiger partial charge in [0.1, 0.15) is 18.7 Å². The molecule has 0 unspecified atom stereocenters. The molecule has 86 valence electrons. The number of nitrogens with zero attached hydrogens (tertiary/aromatic N) is 6. The molecule has 0 bridgehead atoms. The summed E-state index contributed by atoms with van der Waals surface area (Å²) >= 11 is 0. The molecule has 0 atom stereocenters. The molecule has 0 amide bonds. The SMILES string of the molecule is CC(C)c1c(N)nnn1Cc1ncnn1C. The number of hydrogen-bond acceptors (Lipinski definition) is 5. The molecule has 0 saturated carbocycles. The average molecular weight is 221 g/mol. The van der Waals surface area contributed by atoms with E-state index in [1.807, 2.05) is 7.05 Å². The van der Waals surface area contributed by atoms with Crippen LogP contribution in [0.5, 0.6) is 0 Å². The lowest BCUT2D eigenvalue weighted by Gasteiger charge is -2.08. The quantitative estimate of drug-likeness (QED) is 0.797. The minimum atomic E-state index is 0.281. The van der Waals surface area contributed by atoms with Gasteiger partial charge in [-0.05, 0) is 5.92 Å². The zero-order valence-electron chi connectivity index (χ0n) is 9.62. The first-order valence-corrected chi connectivity index (χ1v) is 5.11. The van der Waals surface area contributed by atoms with Crippen LogP contribution in [-0.2, 0) is 13.6 Å². The molecule has 0 aliphatic carbocycles. The molecule has 2 rings (SSSR count). The first-order chi connectivity index (χ1) is 7.59. The fourth-order valence-electron chi connectivity index (χ4n) is 1.64. The Bertz CT molecular complexity index is 482. The van der Waals surface area contributed by atoms with Crippen LogP contribution in [0.1, 0.15) is 31.3 Å². The molecule has 0 fully saturated rings. The predicted octanol–water partition coefficient (Wildman–Crippen LogP) is 0.160. The second-order valence-corrected chi connectivity index (χ2v) is 3.97. The maximum absolute atomic E-state index is 5.77. The van der Waals surface area contributed by atoms with Crippen molar-refractivity contribution in [3.8, 4) is 0 Å². The van der Waals surface area contributed by atoms with Gasteiger partial charge in [0.15, 0.2) is 5.82 Å². The van der Waals surface area contributed by atoms with Crippen LogP contribution in [0.15, 0.2) is 6.33 Å². The molecule has 7 heteroatoms. The maximum atomic E-state index is 5.77. The standard InChI is InChI=1S/C9H15N7/c1-6(2)8-9(10)13-14-16(8)4-7-11-5-12-15(7)3/h5-6H,4,10H2,1-3H3. The number of anilines is 1. The van der Waals surface area contributed by atoms with Gasteiger partial charge in [-0.1, -0.05) is 19.1 Å². The van der Waals surface area contributed by atoms with Gasteiger partial charge in [-0.15, -0.1) is 5.10 Å². The van der Waals surface area contributed by atoms with E-state index in [1.165, 1.54) is 6.33 Å². The summed E-state index contributed by atoms with van der Waals surface area (Å²) < 4.78 is 3.48. The van der Waals surface area contributed by atoms with Crippen molar-refractivity contribution >= 4 is 5.82 Å². The summed E-state index contributed by atoms with van der Waals surface area (Å²) in [5.74, 6) is 1.59. The van der Waals surface area contributed by atoms with E-state index < -0.39 is 0 Å². The predicted molar refractivity (Wildman–Crippen MR) is 58.6 cm³/mol. The van der Waals surface area contributed by atoms with Crippen LogP contribution in [0.2, 0.25) is 0 Å². The zero-order chi connectivity index (χ0) is 11.7. The molecule has 2 heterocycles. The van der Waals surface area contributed by atoms with Gasteiger partial charge in [0.25, 0.3) is 0 Å². The summed E-state index contributed by atoms with van der Waals surface area (Å²) in [5.41, 5.74) is 6.71. The van der Waals surface area contributed by atoms with Crippen molar-refractivity contribution in [1.29, 1.82) is 0 Å². The maximum Gasteiger partial charge on any atom is 0.169 e. The third-order valence-corrected chi connectivity index (χ3v) is 2.44. The van der Waals surface area contributed by atoms with E-state index in [2.05, 4.69) is 34.2 Å². The van der Waals surface area contributed by atoms with E-state index in [-0.39, 0.29) is 5.92 Å². The lowest BCUT2D eigenvalue weighted by atomic mass is 10.1. The Labute approximate surface area is 93.3 Å². The summed E-state index contributed by atoms with van der Waals surface area (Å²) in [4.78, 5) is 4.14. The first-order valence-electron chi connectivity index (χ1n) is 5.11. The van der Waals surface area contributed by atoms with Crippen molar-refractivity contribution in [2.45, 2.75) is 26.3 Å². The summed E-state index contributed by atoms with van der Waals surface area (Å²) in [5, 5.41) is 11.9. The largest absolute Gasteiger partial charge is 0.381 e. The van der Waals surface area contributed by atoms with E-state index >= 15 is 0 Å². The number of nitrogens with two attached hydrogens (primary N) is 1. The normalized spacial score (nSPS) is 11.2. The molecule has 7 nitrogen and oxygen atoms in total. The van der Waals surface area contributed by atoms with Crippen LogP contribution in [0.4, 0.5) is 5.82 Å². The molecular formula is C9H15N7. The Kier molecular flexibility index (Phi) is 2.59. The number of aromatic nitrogens is 6. The Morgan fingerprint density at radius 3 is 2.75 bits per heavy atom. The smallest absolute Gasteiger partial charge is 0.169 e. The molecule has 16 heavy (non-hydrogen) atoms. The second-order valence-electron chi connectivity index (χ2n) is 3.97. The van der Waals surface area contributed by atoms with Crippen LogP contribution in [0.3, 0.4) is 0 Å². The van der Waals surface area contributed by atoms with Crippen molar-refractivity contribution in [3.05, 3.63) is 17.8 Å². The van der Waals surface area contributed by atoms with Gasteiger partial charge in [0.2, 0.25) is 0 Å². The van der Waals surface area contributed by atoms with Crippen molar-refractivity contribution in [1.82, 2.24) is 29.8 Å². The number of aryl methyl sites for hydroxylation is 1. The number of rotatable bonds is 3. The summed E-state index contributed by atoms with van der Waals surface area (Å²) in [6.07, 6.45) is 1.52. The summed E-state index contributed by atoms with van der Waals surface area (Å²) in [6, 6.07) is 0. The Hall–Kier alpha value is -1.92. The highest BCUT2D eigenvalue weighted by Gasteiger charge is 2.15. The van der Waals surface area contributed by atoms with Crippen LogP contribution < -0.4 is 5.73 Å². The monoisotopic (exact) mass is 221 g/mol. The summed E-state index contributed by atoms with van der Waals surface area (Å²) in [6.45, 7) is 4.65. The van der Waals surface area contributed by atoms with Gasteiger partial charge >= 0.3 is 0 Å². The van der Waals surface area contributed by atoms with Crippen LogP contribution in [-0.4, -0.2) is 29.8 Å².